The van der Waals surface area contributed by atoms with E-state index in [1.54, 1.807) is 45.9 Å². The second-order valence-electron chi connectivity index (χ2n) is 10.4. The Morgan fingerprint density at radius 1 is 1.15 bits per heavy atom. The molecule has 0 spiro atoms. The van der Waals surface area contributed by atoms with Crippen LogP contribution in [0.4, 0.5) is 15.5 Å². The molecule has 0 fully saturated rings. The highest BCUT2D eigenvalue weighted by Crippen LogP contribution is 2.36. The van der Waals surface area contributed by atoms with Gasteiger partial charge in [-0.05, 0) is 82.5 Å². The Hall–Kier alpha value is -3.70. The number of carbonyl (C=O) groups is 1. The highest BCUT2D eigenvalue weighted by Gasteiger charge is 2.23. The van der Waals surface area contributed by atoms with Crippen LogP contribution >= 0.6 is 11.3 Å². The van der Waals surface area contributed by atoms with Gasteiger partial charge >= 0.3 is 11.0 Å². The van der Waals surface area contributed by atoms with Gasteiger partial charge in [-0.2, -0.15) is 0 Å². The van der Waals surface area contributed by atoms with Crippen molar-refractivity contribution in [3.05, 3.63) is 57.7 Å². The predicted octanol–water partition coefficient (Wildman–Crippen LogP) is 6.02. The molecule has 1 heterocycles. The van der Waals surface area contributed by atoms with Crippen molar-refractivity contribution in [1.29, 1.82) is 0 Å². The van der Waals surface area contributed by atoms with E-state index in [-0.39, 0.29) is 17.4 Å². The molecule has 0 aliphatic heterocycles. The molecule has 40 heavy (non-hydrogen) atoms. The fourth-order valence-electron chi connectivity index (χ4n) is 3.67. The summed E-state index contributed by atoms with van der Waals surface area (Å²) in [7, 11) is 0. The summed E-state index contributed by atoms with van der Waals surface area (Å²) in [5.74, 6) is 1.51. The van der Waals surface area contributed by atoms with Crippen LogP contribution in [0.25, 0.3) is 0 Å². The summed E-state index contributed by atoms with van der Waals surface area (Å²) < 4.78 is 17.4. The number of aromatic nitrogens is 1. The molecular weight excluding hydrogens is 534 g/mol. The van der Waals surface area contributed by atoms with E-state index in [0.717, 1.165) is 35.5 Å². The van der Waals surface area contributed by atoms with E-state index >= 15 is 0 Å². The maximum Gasteiger partial charge on any atom is 0.410 e. The lowest BCUT2D eigenvalue weighted by molar-refractivity contribution is 0.0164. The maximum atomic E-state index is 12.7. The monoisotopic (exact) mass is 573 g/mol. The zero-order valence-electron chi connectivity index (χ0n) is 23.7. The largest absolute Gasteiger partial charge is 0.494 e. The van der Waals surface area contributed by atoms with Crippen LogP contribution in [-0.2, 0) is 11.2 Å². The number of thiazole rings is 1. The molecule has 0 aliphatic carbocycles. The molecule has 3 aromatic rings. The van der Waals surface area contributed by atoms with Gasteiger partial charge in [0.2, 0.25) is 5.88 Å². The number of nitrogens with one attached hydrogen (secondary N) is 2. The number of aliphatic hydroxyl groups excluding tert-OH is 1. The molecule has 1 atom stereocenters. The zero-order valence-corrected chi connectivity index (χ0v) is 24.5. The number of aromatic amines is 1. The minimum Gasteiger partial charge on any atom is -0.494 e. The van der Waals surface area contributed by atoms with Crippen LogP contribution in [0.3, 0.4) is 0 Å². The number of anilines is 2. The highest BCUT2D eigenvalue weighted by atomic mass is 32.1. The first kappa shape index (κ1) is 30.8. The molecule has 10 nitrogen and oxygen atoms in total. The van der Waals surface area contributed by atoms with Crippen molar-refractivity contribution in [3.63, 3.8) is 0 Å². The smallest absolute Gasteiger partial charge is 0.410 e. The molecule has 0 saturated carbocycles. The van der Waals surface area contributed by atoms with Crippen LogP contribution < -0.4 is 19.7 Å². The number of H-pyrrole nitrogens is 1. The first-order valence-corrected chi connectivity index (χ1v) is 14.1. The second-order valence-corrected chi connectivity index (χ2v) is 11.4. The predicted molar refractivity (Wildman–Crippen MR) is 156 cm³/mol. The number of aliphatic hydroxyl groups is 1. The Labute approximate surface area is 238 Å². The van der Waals surface area contributed by atoms with Crippen LogP contribution in [0.2, 0.25) is 0 Å². The lowest BCUT2D eigenvalue weighted by atomic mass is 10.1. The number of ether oxygens (including phenoxy) is 3. The molecule has 2 aromatic carbocycles. The lowest BCUT2D eigenvalue weighted by Gasteiger charge is -2.28. The molecule has 218 valence electrons. The SMILES string of the molecule is CCCCOc1ccc(Oc2cc(CCN(C[C@H](C)O)C(=O)OC(C)(C)C)ccc2Nc2sc(=O)[nH]c2O)cc1. The van der Waals surface area contributed by atoms with E-state index in [2.05, 4.69) is 17.2 Å². The summed E-state index contributed by atoms with van der Waals surface area (Å²) in [6.45, 7) is 10.2. The third kappa shape index (κ3) is 9.80. The normalized spacial score (nSPS) is 12.1. The Morgan fingerprint density at radius 2 is 1.85 bits per heavy atom. The molecule has 0 bridgehead atoms. The summed E-state index contributed by atoms with van der Waals surface area (Å²) in [5.41, 5.74) is 0.740. The number of aromatic hydroxyl groups is 1. The maximum absolute atomic E-state index is 12.7. The number of amides is 1. The van der Waals surface area contributed by atoms with E-state index < -0.39 is 22.7 Å². The minimum absolute atomic E-state index is 0.135. The second kappa shape index (κ2) is 14.1. The van der Waals surface area contributed by atoms with Gasteiger partial charge in [0.15, 0.2) is 10.8 Å². The fraction of sp³-hybridized carbons (Fsp3) is 0.448. The molecule has 0 aliphatic rings. The van der Waals surface area contributed by atoms with Crippen LogP contribution in [0.1, 0.15) is 53.0 Å². The van der Waals surface area contributed by atoms with Crippen molar-refractivity contribution in [2.45, 2.75) is 65.6 Å². The van der Waals surface area contributed by atoms with Crippen molar-refractivity contribution in [2.75, 3.05) is 25.0 Å². The molecule has 0 radical (unpaired) electrons. The van der Waals surface area contributed by atoms with Gasteiger partial charge in [-0.25, -0.2) is 4.79 Å². The van der Waals surface area contributed by atoms with Gasteiger partial charge < -0.3 is 34.6 Å². The van der Waals surface area contributed by atoms with Gasteiger partial charge in [-0.1, -0.05) is 30.7 Å². The van der Waals surface area contributed by atoms with Crippen molar-refractivity contribution in [2.24, 2.45) is 0 Å². The van der Waals surface area contributed by atoms with Gasteiger partial charge in [0, 0.05) is 13.1 Å². The van der Waals surface area contributed by atoms with Crippen LogP contribution in [0.5, 0.6) is 23.1 Å². The zero-order chi connectivity index (χ0) is 29.3. The molecule has 0 unspecified atom stereocenters. The summed E-state index contributed by atoms with van der Waals surface area (Å²) >= 11 is 0.841. The number of hydrogen-bond donors (Lipinski definition) is 4. The lowest BCUT2D eigenvalue weighted by Crippen LogP contribution is -2.41. The van der Waals surface area contributed by atoms with E-state index in [9.17, 15) is 19.8 Å². The van der Waals surface area contributed by atoms with E-state index in [1.807, 2.05) is 24.3 Å². The highest BCUT2D eigenvalue weighted by molar-refractivity contribution is 7.13. The van der Waals surface area contributed by atoms with Crippen LogP contribution in [0, 0.1) is 0 Å². The van der Waals surface area contributed by atoms with Crippen molar-refractivity contribution in [1.82, 2.24) is 9.88 Å². The minimum atomic E-state index is -0.715. The summed E-state index contributed by atoms with van der Waals surface area (Å²) in [4.78, 5) is 27.8. The third-order valence-corrected chi connectivity index (χ3v) is 6.34. The molecular formula is C29H39N3O7S. The summed E-state index contributed by atoms with van der Waals surface area (Å²) in [6.07, 6.45) is 1.28. The molecule has 1 aromatic heterocycles. The van der Waals surface area contributed by atoms with Gasteiger partial charge in [0.25, 0.3) is 0 Å². The summed E-state index contributed by atoms with van der Waals surface area (Å²) in [6, 6.07) is 12.7. The Kier molecular flexibility index (Phi) is 10.9. The molecule has 0 saturated heterocycles. The first-order chi connectivity index (χ1) is 18.9. The third-order valence-electron chi connectivity index (χ3n) is 5.55. The Morgan fingerprint density at radius 3 is 2.45 bits per heavy atom. The fourth-order valence-corrected chi connectivity index (χ4v) is 4.31. The molecule has 4 N–H and O–H groups in total. The number of unbranched alkanes of at least 4 members (excludes halogenated alkanes) is 1. The topological polar surface area (TPSA) is 133 Å². The van der Waals surface area contributed by atoms with Gasteiger partial charge in [0.1, 0.15) is 17.1 Å². The van der Waals surface area contributed by atoms with E-state index in [4.69, 9.17) is 14.2 Å². The van der Waals surface area contributed by atoms with Gasteiger partial charge in [-0.15, -0.1) is 0 Å². The van der Waals surface area contributed by atoms with E-state index in [0.29, 0.717) is 36.8 Å². The van der Waals surface area contributed by atoms with Crippen molar-refractivity contribution in [3.8, 4) is 23.1 Å². The Bertz CT molecular complexity index is 1300. The molecule has 1 amide bonds. The quantitative estimate of drug-likeness (QED) is 0.183. The van der Waals surface area contributed by atoms with Gasteiger partial charge in [0.05, 0.1) is 18.4 Å². The number of nitrogens with zero attached hydrogens (tertiary/aromatic N) is 1. The number of hydrogen-bond acceptors (Lipinski definition) is 9. The first-order valence-electron chi connectivity index (χ1n) is 13.3. The van der Waals surface area contributed by atoms with Crippen molar-refractivity contribution < 1.29 is 29.2 Å². The number of carbonyl (C=O) groups excluding carboxylic acids is 1. The Balaban J connectivity index is 1.82. The van der Waals surface area contributed by atoms with Gasteiger partial charge in [-0.3, -0.25) is 9.78 Å². The standard InChI is InChI=1S/C29H39N3O7S/c1-6-7-16-37-21-9-11-22(12-10-21)38-24-17-20(8-13-23(24)30-26-25(34)31-27(35)40-26)14-15-32(18-19(2)33)28(36)39-29(3,4)5/h8-13,17,19,30,33-34H,6-7,14-16,18H2,1-5H3,(H,31,35)/t19-/m0/s1. The average molecular weight is 574 g/mol. The van der Waals surface area contributed by atoms with Crippen LogP contribution in [-0.4, -0.2) is 57.6 Å². The van der Waals surface area contributed by atoms with Crippen molar-refractivity contribution >= 4 is 28.1 Å². The average Bonchev–Trinajstić information content (AvgIpc) is 3.19. The number of rotatable bonds is 13. The van der Waals surface area contributed by atoms with E-state index in [1.165, 1.54) is 4.90 Å². The summed E-state index contributed by atoms with van der Waals surface area (Å²) in [5, 5.41) is 23.3. The molecule has 3 rings (SSSR count). The molecule has 11 heteroatoms. The number of benzene rings is 2. The van der Waals surface area contributed by atoms with Crippen LogP contribution in [0.15, 0.2) is 47.3 Å².